The number of rotatable bonds is 7. The van der Waals surface area contributed by atoms with E-state index in [1.54, 1.807) is 0 Å². The number of hydrogen-bond acceptors (Lipinski definition) is 4. The van der Waals surface area contributed by atoms with E-state index in [1.807, 2.05) is 25.1 Å². The summed E-state index contributed by atoms with van der Waals surface area (Å²) < 4.78 is 10.6. The summed E-state index contributed by atoms with van der Waals surface area (Å²) in [6, 6.07) is 5.85. The predicted octanol–water partition coefficient (Wildman–Crippen LogP) is 2.20. The van der Waals surface area contributed by atoms with Crippen LogP contribution in [0.2, 0.25) is 0 Å². The molecule has 2 N–H and O–H groups in total. The lowest BCUT2D eigenvalue weighted by Gasteiger charge is -2.19. The maximum Gasteiger partial charge on any atom is 0.237 e. The molecule has 1 heterocycles. The first-order valence-electron chi connectivity index (χ1n) is 7.56. The van der Waals surface area contributed by atoms with Crippen LogP contribution in [0.1, 0.15) is 39.2 Å². The first-order chi connectivity index (χ1) is 10.1. The van der Waals surface area contributed by atoms with Crippen LogP contribution < -0.4 is 20.1 Å². The number of nitrogens with one attached hydrogen (secondary N) is 2. The van der Waals surface area contributed by atoms with E-state index in [-0.39, 0.29) is 24.8 Å². The molecule has 1 aliphatic rings. The van der Waals surface area contributed by atoms with Gasteiger partial charge in [0.15, 0.2) is 11.5 Å². The summed E-state index contributed by atoms with van der Waals surface area (Å²) in [4.78, 5) is 12.1. The van der Waals surface area contributed by atoms with Gasteiger partial charge in [-0.2, -0.15) is 0 Å². The molecule has 0 bridgehead atoms. The second-order valence-electron chi connectivity index (χ2n) is 5.31. The van der Waals surface area contributed by atoms with Crippen LogP contribution in [0.25, 0.3) is 0 Å². The van der Waals surface area contributed by atoms with Crippen LogP contribution in [0, 0.1) is 0 Å². The Morgan fingerprint density at radius 3 is 2.67 bits per heavy atom. The quantitative estimate of drug-likeness (QED) is 0.809. The van der Waals surface area contributed by atoms with Crippen LogP contribution in [0.3, 0.4) is 0 Å². The second kappa shape index (κ2) is 7.31. The Morgan fingerprint density at radius 1 is 1.24 bits per heavy atom. The molecule has 5 nitrogen and oxygen atoms in total. The highest BCUT2D eigenvalue weighted by molar-refractivity contribution is 5.81. The first-order valence-corrected chi connectivity index (χ1v) is 7.56. The molecule has 0 aromatic heterocycles. The molecular formula is C16H24N2O3. The Balaban J connectivity index is 1.83. The molecule has 0 aliphatic carbocycles. The third kappa shape index (κ3) is 4.11. The van der Waals surface area contributed by atoms with Gasteiger partial charge in [-0.05, 0) is 37.5 Å². The van der Waals surface area contributed by atoms with Crippen LogP contribution in [0.4, 0.5) is 0 Å². The molecule has 0 saturated carbocycles. The van der Waals surface area contributed by atoms with Gasteiger partial charge in [-0.3, -0.25) is 4.79 Å². The van der Waals surface area contributed by atoms with Gasteiger partial charge in [-0.1, -0.05) is 19.9 Å². The summed E-state index contributed by atoms with van der Waals surface area (Å²) >= 11 is 0. The van der Waals surface area contributed by atoms with E-state index in [1.165, 1.54) is 0 Å². The second-order valence-corrected chi connectivity index (χ2v) is 5.31. The number of carbonyl (C=O) groups is 1. The van der Waals surface area contributed by atoms with Crippen molar-refractivity contribution in [1.82, 2.24) is 10.6 Å². The molecule has 0 spiro atoms. The Morgan fingerprint density at radius 2 is 1.95 bits per heavy atom. The van der Waals surface area contributed by atoms with Crippen molar-refractivity contribution in [3.63, 3.8) is 0 Å². The fourth-order valence-corrected chi connectivity index (χ4v) is 2.23. The smallest absolute Gasteiger partial charge is 0.237 e. The molecule has 116 valence electrons. The highest BCUT2D eigenvalue weighted by Gasteiger charge is 2.16. The van der Waals surface area contributed by atoms with Crippen molar-refractivity contribution in [2.45, 2.75) is 52.2 Å². The summed E-state index contributed by atoms with van der Waals surface area (Å²) in [6.45, 7) is 6.94. The van der Waals surface area contributed by atoms with Gasteiger partial charge in [0.1, 0.15) is 0 Å². The third-order valence-corrected chi connectivity index (χ3v) is 3.77. The van der Waals surface area contributed by atoms with Crippen LogP contribution in [0.5, 0.6) is 11.5 Å². The van der Waals surface area contributed by atoms with Crippen LogP contribution in [-0.4, -0.2) is 24.8 Å². The zero-order valence-corrected chi connectivity index (χ0v) is 12.9. The van der Waals surface area contributed by atoms with Crippen molar-refractivity contribution < 1.29 is 14.3 Å². The fraction of sp³-hybridized carbons (Fsp3) is 0.562. The predicted molar refractivity (Wildman–Crippen MR) is 81.4 cm³/mol. The lowest BCUT2D eigenvalue weighted by atomic mass is 10.1. The molecule has 1 aliphatic heterocycles. The molecule has 5 heteroatoms. The lowest BCUT2D eigenvalue weighted by Crippen LogP contribution is -2.45. The van der Waals surface area contributed by atoms with Crippen LogP contribution in [0.15, 0.2) is 18.2 Å². The van der Waals surface area contributed by atoms with Crippen molar-refractivity contribution in [3.8, 4) is 11.5 Å². The van der Waals surface area contributed by atoms with Gasteiger partial charge in [0.25, 0.3) is 0 Å². The average molecular weight is 292 g/mol. The number of amides is 1. The van der Waals surface area contributed by atoms with Gasteiger partial charge in [0, 0.05) is 12.6 Å². The van der Waals surface area contributed by atoms with Gasteiger partial charge in [0.2, 0.25) is 12.7 Å². The number of benzene rings is 1. The van der Waals surface area contributed by atoms with E-state index >= 15 is 0 Å². The largest absolute Gasteiger partial charge is 0.454 e. The van der Waals surface area contributed by atoms with Crippen molar-refractivity contribution in [2.24, 2.45) is 0 Å². The molecule has 0 radical (unpaired) electrons. The zero-order valence-electron chi connectivity index (χ0n) is 12.9. The number of ether oxygens (including phenoxy) is 2. The molecule has 1 atom stereocenters. The summed E-state index contributed by atoms with van der Waals surface area (Å²) in [7, 11) is 0. The van der Waals surface area contributed by atoms with Gasteiger partial charge in [0.05, 0.1) is 6.04 Å². The highest BCUT2D eigenvalue weighted by atomic mass is 16.7. The van der Waals surface area contributed by atoms with E-state index in [0.29, 0.717) is 6.54 Å². The minimum Gasteiger partial charge on any atom is -0.454 e. The minimum atomic E-state index is -0.226. The minimum absolute atomic E-state index is 0.0458. The summed E-state index contributed by atoms with van der Waals surface area (Å²) in [5.41, 5.74) is 1.07. The van der Waals surface area contributed by atoms with Gasteiger partial charge in [-0.25, -0.2) is 0 Å². The van der Waals surface area contributed by atoms with Crippen molar-refractivity contribution in [3.05, 3.63) is 23.8 Å². The third-order valence-electron chi connectivity index (χ3n) is 3.77. The average Bonchev–Trinajstić information content (AvgIpc) is 2.97. The Bertz CT molecular complexity index is 486. The number of hydrogen-bond donors (Lipinski definition) is 2. The molecule has 0 saturated heterocycles. The molecule has 0 fully saturated rings. The summed E-state index contributed by atoms with van der Waals surface area (Å²) in [5.74, 6) is 1.59. The maximum atomic E-state index is 12.1. The molecule has 1 unspecified atom stereocenters. The van der Waals surface area contributed by atoms with Gasteiger partial charge < -0.3 is 20.1 Å². The van der Waals surface area contributed by atoms with Gasteiger partial charge >= 0.3 is 0 Å². The molecule has 1 amide bonds. The van der Waals surface area contributed by atoms with Crippen molar-refractivity contribution >= 4 is 5.91 Å². The molecule has 21 heavy (non-hydrogen) atoms. The lowest BCUT2D eigenvalue weighted by molar-refractivity contribution is -0.123. The van der Waals surface area contributed by atoms with Crippen LogP contribution >= 0.6 is 0 Å². The summed E-state index contributed by atoms with van der Waals surface area (Å²) in [5, 5.41) is 6.28. The number of fused-ring (bicyclic) bond motifs is 1. The Labute approximate surface area is 126 Å². The van der Waals surface area contributed by atoms with E-state index in [9.17, 15) is 4.79 Å². The van der Waals surface area contributed by atoms with E-state index in [4.69, 9.17) is 9.47 Å². The van der Waals surface area contributed by atoms with Crippen LogP contribution in [-0.2, 0) is 11.3 Å². The highest BCUT2D eigenvalue weighted by Crippen LogP contribution is 2.32. The molecule has 2 rings (SSSR count). The van der Waals surface area contributed by atoms with Gasteiger partial charge in [-0.15, -0.1) is 0 Å². The molecule has 1 aromatic rings. The van der Waals surface area contributed by atoms with E-state index < -0.39 is 0 Å². The normalized spacial score (nSPS) is 14.3. The SMILES string of the molecule is CCC(CC)NC(=O)C(C)NCc1ccc2c(c1)OCO2. The first kappa shape index (κ1) is 15.6. The topological polar surface area (TPSA) is 59.6 Å². The Hall–Kier alpha value is -1.75. The monoisotopic (exact) mass is 292 g/mol. The molecular weight excluding hydrogens is 268 g/mol. The van der Waals surface area contributed by atoms with E-state index in [0.717, 1.165) is 29.9 Å². The van der Waals surface area contributed by atoms with Crippen molar-refractivity contribution in [2.75, 3.05) is 6.79 Å². The fourth-order valence-electron chi connectivity index (χ4n) is 2.23. The maximum absolute atomic E-state index is 12.1. The summed E-state index contributed by atoms with van der Waals surface area (Å²) in [6.07, 6.45) is 1.91. The zero-order chi connectivity index (χ0) is 15.2. The van der Waals surface area contributed by atoms with Crippen molar-refractivity contribution in [1.29, 1.82) is 0 Å². The standard InChI is InChI=1S/C16H24N2O3/c1-4-13(5-2)18-16(19)11(3)17-9-12-6-7-14-15(8-12)21-10-20-14/h6-8,11,13,17H,4-5,9-10H2,1-3H3,(H,18,19). The number of carbonyl (C=O) groups excluding carboxylic acids is 1. The molecule has 1 aromatic carbocycles. The Kier molecular flexibility index (Phi) is 5.44. The van der Waals surface area contributed by atoms with E-state index in [2.05, 4.69) is 24.5 Å².